The first-order valence-electron chi connectivity index (χ1n) is 9.87. The van der Waals surface area contributed by atoms with Crippen molar-refractivity contribution in [3.63, 3.8) is 0 Å². The smallest absolute Gasteiger partial charge is 0.262 e. The Morgan fingerprint density at radius 1 is 1.19 bits per heavy atom. The lowest BCUT2D eigenvalue weighted by Crippen LogP contribution is -2.27. The van der Waals surface area contributed by atoms with Gasteiger partial charge >= 0.3 is 0 Å². The van der Waals surface area contributed by atoms with Crippen LogP contribution in [0.5, 0.6) is 11.6 Å². The highest BCUT2D eigenvalue weighted by atomic mass is 19.1. The lowest BCUT2D eigenvalue weighted by molar-refractivity contribution is 0.0991. The molecule has 31 heavy (non-hydrogen) atoms. The Morgan fingerprint density at radius 2 is 1.97 bits per heavy atom. The average Bonchev–Trinajstić information content (AvgIpc) is 3.27. The highest BCUT2D eigenvalue weighted by Gasteiger charge is 2.38. The molecular formula is C22H24FN5O3. The summed E-state index contributed by atoms with van der Waals surface area (Å²) in [6, 6.07) is 6.72. The van der Waals surface area contributed by atoms with Gasteiger partial charge in [0.05, 0.1) is 43.8 Å². The highest BCUT2D eigenvalue weighted by molar-refractivity contribution is 6.10. The molecule has 3 aromatic rings. The maximum absolute atomic E-state index is 14.0. The molecule has 3 aromatic heterocycles. The van der Waals surface area contributed by atoms with E-state index in [2.05, 4.69) is 10.1 Å². The first kappa shape index (κ1) is 20.8. The molecule has 1 aliphatic rings. The van der Waals surface area contributed by atoms with Crippen LogP contribution in [0.25, 0.3) is 11.3 Å². The summed E-state index contributed by atoms with van der Waals surface area (Å²) in [5, 5.41) is 4.40. The average molecular weight is 425 g/mol. The lowest BCUT2D eigenvalue weighted by atomic mass is 10.1. The summed E-state index contributed by atoms with van der Waals surface area (Å²) in [5.41, 5.74) is 1.17. The van der Waals surface area contributed by atoms with E-state index in [4.69, 9.17) is 14.5 Å². The number of halogens is 1. The third kappa shape index (κ3) is 3.83. The van der Waals surface area contributed by atoms with Crippen molar-refractivity contribution in [3.05, 3.63) is 47.9 Å². The standard InChI is InChI=1S/C22H24FN5O3/c1-13-19-15(21(29)28(13)18-8-9-27(26-18)12-22(2,3)23)6-7-16(25-19)14-10-17(30-4)20(31-5)24-11-14/h6-11,13H,12H2,1-5H3. The molecule has 0 saturated carbocycles. The molecule has 9 heteroatoms. The molecule has 0 aromatic carbocycles. The van der Waals surface area contributed by atoms with Crippen LogP contribution in [0.2, 0.25) is 0 Å². The van der Waals surface area contributed by atoms with Gasteiger partial charge in [0.15, 0.2) is 11.6 Å². The fourth-order valence-electron chi connectivity index (χ4n) is 3.69. The number of carbonyl (C=O) groups excluding carboxylic acids is 1. The Balaban J connectivity index is 1.66. The summed E-state index contributed by atoms with van der Waals surface area (Å²) < 4.78 is 26.0. The van der Waals surface area contributed by atoms with Crippen molar-refractivity contribution in [3.8, 4) is 22.9 Å². The molecule has 0 radical (unpaired) electrons. The summed E-state index contributed by atoms with van der Waals surface area (Å²) in [4.78, 5) is 23.6. The van der Waals surface area contributed by atoms with Gasteiger partial charge in [-0.3, -0.25) is 14.4 Å². The summed E-state index contributed by atoms with van der Waals surface area (Å²) in [5.74, 6) is 1.16. The van der Waals surface area contributed by atoms with Gasteiger partial charge in [-0.15, -0.1) is 0 Å². The molecule has 162 valence electrons. The molecule has 0 spiro atoms. The van der Waals surface area contributed by atoms with E-state index in [1.54, 1.807) is 48.7 Å². The van der Waals surface area contributed by atoms with E-state index in [1.165, 1.54) is 25.6 Å². The number of ether oxygens (including phenoxy) is 2. The summed E-state index contributed by atoms with van der Waals surface area (Å²) >= 11 is 0. The molecule has 1 atom stereocenters. The van der Waals surface area contributed by atoms with Crippen LogP contribution in [-0.2, 0) is 6.54 Å². The summed E-state index contributed by atoms with van der Waals surface area (Å²) in [6.07, 6.45) is 3.32. The van der Waals surface area contributed by atoms with Gasteiger partial charge in [0.25, 0.3) is 11.8 Å². The molecule has 1 aliphatic heterocycles. The molecule has 8 nitrogen and oxygen atoms in total. The van der Waals surface area contributed by atoms with Crippen LogP contribution in [-0.4, -0.2) is 45.5 Å². The van der Waals surface area contributed by atoms with Gasteiger partial charge in [0.2, 0.25) is 0 Å². The number of carbonyl (C=O) groups is 1. The van der Waals surface area contributed by atoms with Gasteiger partial charge in [0, 0.05) is 24.0 Å². The SMILES string of the molecule is COc1cc(-c2ccc3c(n2)C(C)N(c2ccn(CC(C)(C)F)n2)C3=O)cnc1OC. The maximum Gasteiger partial charge on any atom is 0.262 e. The molecule has 1 unspecified atom stereocenters. The van der Waals surface area contributed by atoms with Crippen LogP contribution in [0.15, 0.2) is 36.7 Å². The summed E-state index contributed by atoms with van der Waals surface area (Å²) in [6.45, 7) is 4.97. The van der Waals surface area contributed by atoms with E-state index in [0.717, 1.165) is 5.56 Å². The van der Waals surface area contributed by atoms with Crippen LogP contribution in [0.4, 0.5) is 10.2 Å². The van der Waals surface area contributed by atoms with Crippen molar-refractivity contribution >= 4 is 11.7 Å². The van der Waals surface area contributed by atoms with Gasteiger partial charge in [-0.05, 0) is 39.0 Å². The zero-order chi connectivity index (χ0) is 22.3. The molecule has 0 saturated heterocycles. The molecular weight excluding hydrogens is 401 g/mol. The Kier molecular flexibility index (Phi) is 5.12. The fourth-order valence-corrected chi connectivity index (χ4v) is 3.69. The first-order chi connectivity index (χ1) is 14.7. The molecule has 0 bridgehead atoms. The number of anilines is 1. The maximum atomic E-state index is 14.0. The van der Waals surface area contributed by atoms with Crippen LogP contribution in [0, 0.1) is 0 Å². The van der Waals surface area contributed by atoms with Crippen molar-refractivity contribution in [1.82, 2.24) is 19.7 Å². The number of nitrogens with zero attached hydrogens (tertiary/aromatic N) is 5. The van der Waals surface area contributed by atoms with Gasteiger partial charge < -0.3 is 9.47 Å². The number of hydrogen-bond acceptors (Lipinski definition) is 6. The first-order valence-corrected chi connectivity index (χ1v) is 9.87. The second-order valence-corrected chi connectivity index (χ2v) is 8.01. The molecule has 4 rings (SSSR count). The minimum atomic E-state index is -1.41. The number of methoxy groups -OCH3 is 2. The van der Waals surface area contributed by atoms with Crippen molar-refractivity contribution in [2.75, 3.05) is 19.1 Å². The third-order valence-corrected chi connectivity index (χ3v) is 5.10. The van der Waals surface area contributed by atoms with Crippen LogP contribution in [0.3, 0.4) is 0 Å². The van der Waals surface area contributed by atoms with Crippen LogP contribution >= 0.6 is 0 Å². The van der Waals surface area contributed by atoms with E-state index in [9.17, 15) is 9.18 Å². The van der Waals surface area contributed by atoms with E-state index in [-0.39, 0.29) is 18.5 Å². The lowest BCUT2D eigenvalue weighted by Gasteiger charge is -2.19. The number of aromatic nitrogens is 4. The third-order valence-electron chi connectivity index (χ3n) is 5.10. The molecule has 4 heterocycles. The second-order valence-electron chi connectivity index (χ2n) is 8.01. The van der Waals surface area contributed by atoms with Gasteiger partial charge in [-0.2, -0.15) is 5.10 Å². The Labute approximate surface area is 179 Å². The Morgan fingerprint density at radius 3 is 2.65 bits per heavy atom. The zero-order valence-corrected chi connectivity index (χ0v) is 18.1. The Hall–Kier alpha value is -3.49. The van der Waals surface area contributed by atoms with Crippen molar-refractivity contribution < 1.29 is 18.7 Å². The number of fused-ring (bicyclic) bond motifs is 1. The number of alkyl halides is 1. The predicted molar refractivity (Wildman–Crippen MR) is 113 cm³/mol. The van der Waals surface area contributed by atoms with E-state index >= 15 is 0 Å². The highest BCUT2D eigenvalue weighted by Crippen LogP contribution is 2.37. The number of pyridine rings is 2. The molecule has 0 aliphatic carbocycles. The second kappa shape index (κ2) is 7.64. The number of rotatable bonds is 6. The van der Waals surface area contributed by atoms with Crippen molar-refractivity contribution in [2.24, 2.45) is 0 Å². The summed E-state index contributed by atoms with van der Waals surface area (Å²) in [7, 11) is 3.07. The van der Waals surface area contributed by atoms with E-state index < -0.39 is 5.67 Å². The fraction of sp³-hybridized carbons (Fsp3) is 0.364. The van der Waals surface area contributed by atoms with E-state index in [0.29, 0.717) is 34.4 Å². The normalized spacial score (nSPS) is 15.9. The molecule has 1 amide bonds. The number of amides is 1. The predicted octanol–water partition coefficient (Wildman–Crippen LogP) is 3.83. The Bertz CT molecular complexity index is 1140. The molecule has 0 N–H and O–H groups in total. The zero-order valence-electron chi connectivity index (χ0n) is 18.1. The minimum absolute atomic E-state index is 0.102. The van der Waals surface area contributed by atoms with Crippen molar-refractivity contribution in [2.45, 2.75) is 39.0 Å². The van der Waals surface area contributed by atoms with Gasteiger partial charge in [0.1, 0.15) is 5.67 Å². The largest absolute Gasteiger partial charge is 0.491 e. The quantitative estimate of drug-likeness (QED) is 0.597. The topological polar surface area (TPSA) is 82.4 Å². The number of hydrogen-bond donors (Lipinski definition) is 0. The van der Waals surface area contributed by atoms with Gasteiger partial charge in [-0.25, -0.2) is 14.4 Å². The van der Waals surface area contributed by atoms with Crippen molar-refractivity contribution in [1.29, 1.82) is 0 Å². The molecule has 0 fully saturated rings. The minimum Gasteiger partial charge on any atom is -0.491 e. The van der Waals surface area contributed by atoms with Crippen LogP contribution < -0.4 is 14.4 Å². The van der Waals surface area contributed by atoms with E-state index in [1.807, 2.05) is 6.92 Å². The van der Waals surface area contributed by atoms with Gasteiger partial charge in [-0.1, -0.05) is 0 Å². The monoisotopic (exact) mass is 425 g/mol. The van der Waals surface area contributed by atoms with Crippen LogP contribution in [0.1, 0.15) is 42.9 Å².